The molecular formula is C30H30N2O2. The van der Waals surface area contributed by atoms with Gasteiger partial charge in [-0.15, -0.1) is 0 Å². The van der Waals surface area contributed by atoms with Gasteiger partial charge < -0.3 is 10.1 Å². The second-order valence-electron chi connectivity index (χ2n) is 8.73. The summed E-state index contributed by atoms with van der Waals surface area (Å²) in [6, 6.07) is 33.9. The second-order valence-corrected chi connectivity index (χ2v) is 8.73. The van der Waals surface area contributed by atoms with Crippen molar-refractivity contribution in [2.24, 2.45) is 5.92 Å². The Labute approximate surface area is 201 Å². The molecule has 0 saturated carbocycles. The van der Waals surface area contributed by atoms with Crippen LogP contribution in [0.5, 0.6) is 11.6 Å². The van der Waals surface area contributed by atoms with Crippen molar-refractivity contribution in [1.29, 1.82) is 0 Å². The van der Waals surface area contributed by atoms with Gasteiger partial charge in [0.2, 0.25) is 5.88 Å². The number of aromatic nitrogens is 1. The maximum atomic E-state index is 13.0. The molecule has 0 aliphatic carbocycles. The van der Waals surface area contributed by atoms with Crippen LogP contribution in [0.4, 0.5) is 0 Å². The number of benzene rings is 3. The zero-order valence-corrected chi connectivity index (χ0v) is 19.6. The zero-order valence-electron chi connectivity index (χ0n) is 19.6. The number of rotatable bonds is 9. The third-order valence-corrected chi connectivity index (χ3v) is 5.63. The van der Waals surface area contributed by atoms with Gasteiger partial charge >= 0.3 is 0 Å². The van der Waals surface area contributed by atoms with Crippen LogP contribution < -0.4 is 10.1 Å². The fourth-order valence-corrected chi connectivity index (χ4v) is 3.90. The van der Waals surface area contributed by atoms with Gasteiger partial charge in [-0.25, -0.2) is 4.98 Å². The average molecular weight is 451 g/mol. The number of carbonyl (C=O) groups is 1. The molecule has 3 aromatic carbocycles. The molecule has 0 bridgehead atoms. The maximum Gasteiger partial charge on any atom is 0.270 e. The summed E-state index contributed by atoms with van der Waals surface area (Å²) in [5.74, 6) is 1.33. The monoisotopic (exact) mass is 450 g/mol. The predicted octanol–water partition coefficient (Wildman–Crippen LogP) is 6.83. The van der Waals surface area contributed by atoms with Gasteiger partial charge in [-0.05, 0) is 47.2 Å². The molecule has 34 heavy (non-hydrogen) atoms. The van der Waals surface area contributed by atoms with Crippen molar-refractivity contribution in [3.63, 3.8) is 0 Å². The fourth-order valence-electron chi connectivity index (χ4n) is 3.90. The third-order valence-electron chi connectivity index (χ3n) is 5.63. The number of nitrogens with zero attached hydrogens (tertiary/aromatic N) is 1. The molecule has 172 valence electrons. The fraction of sp³-hybridized carbons (Fsp3) is 0.200. The number of nitrogens with one attached hydrogen (secondary N) is 1. The quantitative estimate of drug-likeness (QED) is 0.304. The van der Waals surface area contributed by atoms with E-state index in [2.05, 4.69) is 48.4 Å². The molecule has 0 unspecified atom stereocenters. The first kappa shape index (κ1) is 23.2. The van der Waals surface area contributed by atoms with Crippen LogP contribution in [0.3, 0.4) is 0 Å². The van der Waals surface area contributed by atoms with Gasteiger partial charge in [-0.1, -0.05) is 92.7 Å². The average Bonchev–Trinajstić information content (AvgIpc) is 2.86. The van der Waals surface area contributed by atoms with Gasteiger partial charge in [0.05, 0.1) is 0 Å². The minimum atomic E-state index is -0.194. The third kappa shape index (κ3) is 6.10. The van der Waals surface area contributed by atoms with Crippen molar-refractivity contribution >= 4 is 5.91 Å². The Morgan fingerprint density at radius 3 is 1.91 bits per heavy atom. The van der Waals surface area contributed by atoms with Crippen molar-refractivity contribution < 1.29 is 9.53 Å². The molecule has 1 heterocycles. The molecule has 1 N–H and O–H groups in total. The molecule has 0 aliphatic rings. The van der Waals surface area contributed by atoms with Crippen LogP contribution in [-0.4, -0.2) is 17.4 Å². The molecule has 0 fully saturated rings. The van der Waals surface area contributed by atoms with Crippen molar-refractivity contribution in [1.82, 2.24) is 10.3 Å². The molecule has 0 radical (unpaired) electrons. The molecule has 1 aromatic heterocycles. The summed E-state index contributed by atoms with van der Waals surface area (Å²) in [5, 5.41) is 3.01. The molecule has 0 aliphatic heterocycles. The highest BCUT2D eigenvalue weighted by Gasteiger charge is 2.21. The Hall–Kier alpha value is -3.92. The Morgan fingerprint density at radius 1 is 0.794 bits per heavy atom. The first-order chi connectivity index (χ1) is 16.6. The largest absolute Gasteiger partial charge is 0.439 e. The Bertz CT molecular complexity index is 1150. The minimum absolute atomic E-state index is 0.0641. The van der Waals surface area contributed by atoms with Gasteiger partial charge in [-0.3, -0.25) is 4.79 Å². The summed E-state index contributed by atoms with van der Waals surface area (Å²) < 4.78 is 6.08. The Balaban J connectivity index is 1.77. The second kappa shape index (κ2) is 11.3. The van der Waals surface area contributed by atoms with Gasteiger partial charge in [0.1, 0.15) is 11.4 Å². The van der Waals surface area contributed by atoms with Crippen LogP contribution in [0.15, 0.2) is 103 Å². The van der Waals surface area contributed by atoms with E-state index in [1.54, 1.807) is 0 Å². The summed E-state index contributed by atoms with van der Waals surface area (Å²) in [6.45, 7) is 4.89. The number of carbonyl (C=O) groups excluding carboxylic acids is 1. The molecule has 4 aromatic rings. The summed E-state index contributed by atoms with van der Waals surface area (Å²) in [6.07, 6.45) is 0.912. The first-order valence-electron chi connectivity index (χ1n) is 11.7. The number of hydrogen-bond donors (Lipinski definition) is 1. The van der Waals surface area contributed by atoms with E-state index >= 15 is 0 Å². The lowest BCUT2D eigenvalue weighted by molar-refractivity contribution is 0.0946. The van der Waals surface area contributed by atoms with Gasteiger partial charge in [-0.2, -0.15) is 0 Å². The molecule has 1 amide bonds. The van der Waals surface area contributed by atoms with Crippen LogP contribution in [0.25, 0.3) is 0 Å². The number of amides is 1. The van der Waals surface area contributed by atoms with E-state index in [1.165, 1.54) is 0 Å². The standard InChI is InChI=1S/C30H30N2O2/c1-22(2)18-19-31-30(33)27-20-25(21-28(32-27)34-26-16-10-5-11-17-26)29(23-12-6-3-7-13-23)24-14-8-4-9-15-24/h3-17,20-22,29H,18-19H2,1-2H3,(H,31,33). The zero-order chi connectivity index (χ0) is 23.8. The van der Waals surface area contributed by atoms with Crippen molar-refractivity contribution in [3.8, 4) is 11.6 Å². The van der Waals surface area contributed by atoms with E-state index in [1.807, 2.05) is 78.9 Å². The van der Waals surface area contributed by atoms with Gasteiger partial charge in [0.15, 0.2) is 0 Å². The van der Waals surface area contributed by atoms with E-state index in [4.69, 9.17) is 4.74 Å². The number of pyridine rings is 1. The Morgan fingerprint density at radius 2 is 1.35 bits per heavy atom. The van der Waals surface area contributed by atoms with Crippen LogP contribution in [0.1, 0.15) is 53.4 Å². The smallest absolute Gasteiger partial charge is 0.270 e. The normalized spacial score (nSPS) is 10.9. The molecule has 4 heteroatoms. The topological polar surface area (TPSA) is 51.2 Å². The lowest BCUT2D eigenvalue weighted by Gasteiger charge is -2.20. The molecule has 0 atom stereocenters. The predicted molar refractivity (Wildman–Crippen MR) is 136 cm³/mol. The SMILES string of the molecule is CC(C)CCNC(=O)c1cc(C(c2ccccc2)c2ccccc2)cc(Oc2ccccc2)n1. The lowest BCUT2D eigenvalue weighted by Crippen LogP contribution is -2.26. The minimum Gasteiger partial charge on any atom is -0.439 e. The van der Waals surface area contributed by atoms with E-state index < -0.39 is 0 Å². The lowest BCUT2D eigenvalue weighted by atomic mass is 9.85. The van der Waals surface area contributed by atoms with Crippen molar-refractivity contribution in [2.45, 2.75) is 26.2 Å². The summed E-state index contributed by atoms with van der Waals surface area (Å²) in [4.78, 5) is 17.6. The highest BCUT2D eigenvalue weighted by molar-refractivity contribution is 5.92. The first-order valence-corrected chi connectivity index (χ1v) is 11.7. The molecule has 0 saturated heterocycles. The summed E-state index contributed by atoms with van der Waals surface area (Å²) in [5.41, 5.74) is 3.57. The van der Waals surface area contributed by atoms with Crippen LogP contribution in [0.2, 0.25) is 0 Å². The van der Waals surface area contributed by atoms with E-state index in [0.717, 1.165) is 23.1 Å². The van der Waals surface area contributed by atoms with E-state index in [9.17, 15) is 4.79 Å². The van der Waals surface area contributed by atoms with E-state index in [-0.39, 0.29) is 11.8 Å². The molecular weight excluding hydrogens is 420 g/mol. The number of ether oxygens (including phenoxy) is 1. The highest BCUT2D eigenvalue weighted by atomic mass is 16.5. The van der Waals surface area contributed by atoms with Crippen molar-refractivity contribution in [3.05, 3.63) is 126 Å². The van der Waals surface area contributed by atoms with Crippen LogP contribution >= 0.6 is 0 Å². The Kier molecular flexibility index (Phi) is 7.71. The number of para-hydroxylation sites is 1. The molecule has 4 rings (SSSR count). The highest BCUT2D eigenvalue weighted by Crippen LogP contribution is 2.34. The van der Waals surface area contributed by atoms with Gasteiger partial charge in [0.25, 0.3) is 5.91 Å². The summed E-state index contributed by atoms with van der Waals surface area (Å²) in [7, 11) is 0. The number of hydrogen-bond acceptors (Lipinski definition) is 3. The molecule has 4 nitrogen and oxygen atoms in total. The molecule has 0 spiro atoms. The van der Waals surface area contributed by atoms with Crippen LogP contribution in [-0.2, 0) is 0 Å². The van der Waals surface area contributed by atoms with Gasteiger partial charge in [0, 0.05) is 18.5 Å². The van der Waals surface area contributed by atoms with Crippen molar-refractivity contribution in [2.75, 3.05) is 6.54 Å². The van der Waals surface area contributed by atoms with Crippen LogP contribution in [0, 0.1) is 5.92 Å². The maximum absolute atomic E-state index is 13.0. The van der Waals surface area contributed by atoms with E-state index in [0.29, 0.717) is 29.8 Å². The summed E-state index contributed by atoms with van der Waals surface area (Å²) >= 11 is 0.